The quantitative estimate of drug-likeness (QED) is 0.276. The second-order valence-electron chi connectivity index (χ2n) is 13.1. The van der Waals surface area contributed by atoms with Gasteiger partial charge in [-0.3, -0.25) is 9.59 Å². The highest BCUT2D eigenvalue weighted by atomic mass is 35.5. The monoisotopic (exact) mass is 654 g/mol. The van der Waals surface area contributed by atoms with Crippen LogP contribution < -0.4 is 20.7 Å². The first-order valence-corrected chi connectivity index (χ1v) is 17.1. The van der Waals surface area contributed by atoms with Crippen LogP contribution in [0.4, 0.5) is 10.1 Å². The van der Waals surface area contributed by atoms with Gasteiger partial charge in [-0.2, -0.15) is 0 Å². The smallest absolute Gasteiger partial charge is 0.238 e. The third-order valence-electron chi connectivity index (χ3n) is 8.47. The van der Waals surface area contributed by atoms with Crippen LogP contribution in [0.25, 0.3) is 0 Å². The van der Waals surface area contributed by atoms with E-state index >= 15 is 0 Å². The van der Waals surface area contributed by atoms with Crippen molar-refractivity contribution in [2.24, 2.45) is 11.3 Å². The van der Waals surface area contributed by atoms with Gasteiger partial charge < -0.3 is 16.0 Å². The number of benzene rings is 1. The lowest BCUT2D eigenvalue weighted by atomic mass is 9.62. The lowest BCUT2D eigenvalue weighted by molar-refractivity contribution is -0.125. The lowest BCUT2D eigenvalue weighted by Crippen LogP contribution is -2.51. The molecular formula is C31H41Cl2FN4O4S. The van der Waals surface area contributed by atoms with Crippen LogP contribution in [0.5, 0.6) is 0 Å². The van der Waals surface area contributed by atoms with Crippen LogP contribution in [-0.4, -0.2) is 57.3 Å². The highest BCUT2D eigenvalue weighted by molar-refractivity contribution is 7.88. The molecule has 3 aliphatic rings. The number of halogens is 3. The van der Waals surface area contributed by atoms with Crippen molar-refractivity contribution in [3.8, 4) is 0 Å². The first kappa shape index (κ1) is 33.6. The van der Waals surface area contributed by atoms with Crippen molar-refractivity contribution in [1.82, 2.24) is 15.4 Å². The van der Waals surface area contributed by atoms with Crippen LogP contribution in [0.3, 0.4) is 0 Å². The van der Waals surface area contributed by atoms with Gasteiger partial charge in [0.15, 0.2) is 0 Å². The van der Waals surface area contributed by atoms with E-state index < -0.39 is 40.1 Å². The Bertz CT molecular complexity index is 1430. The molecule has 236 valence electrons. The van der Waals surface area contributed by atoms with Gasteiger partial charge in [0.05, 0.1) is 12.3 Å². The molecule has 1 saturated carbocycles. The molecule has 1 aliphatic carbocycles. The average Bonchev–Trinajstić information content (AvgIpc) is 3.37. The molecule has 1 aromatic rings. The van der Waals surface area contributed by atoms with Crippen LogP contribution >= 0.6 is 23.2 Å². The number of carbonyl (C=O) groups excluding carboxylic acids is 2. The normalized spacial score (nSPS) is 29.6. The number of sulfonamides is 1. The van der Waals surface area contributed by atoms with E-state index in [2.05, 4.69) is 48.0 Å². The van der Waals surface area contributed by atoms with Gasteiger partial charge >= 0.3 is 0 Å². The standard InChI is InChI=1S/C31H41Cl2FN4O4S/c1-18(7-6-8-20(33)17-34)26-27(28(39)35-21-10-12-22(13-11-21)38-43(5,41)42)37-25(16-30(2,3)4)31(26)23-14-9-19(32)15-24(23)36-29(31)40/h6-9,14-15,21-22,25-27,37-38H,1,10-13,16-17H2,2-5H3,(H,35,39)(H,36,40)/b7-6-,20-8+/t21?,22?,25-,26+,27-,31+/m1/s1. The maximum absolute atomic E-state index is 14.2. The van der Waals surface area contributed by atoms with E-state index in [0.717, 1.165) is 11.8 Å². The summed E-state index contributed by atoms with van der Waals surface area (Å²) in [5.41, 5.74) is 0.473. The molecule has 4 N–H and O–H groups in total. The summed E-state index contributed by atoms with van der Waals surface area (Å²) < 4.78 is 39.0. The fraction of sp³-hybridized carbons (Fsp3) is 0.548. The minimum atomic E-state index is -3.32. The van der Waals surface area contributed by atoms with Gasteiger partial charge in [-0.25, -0.2) is 17.5 Å². The van der Waals surface area contributed by atoms with E-state index in [-0.39, 0.29) is 34.3 Å². The first-order valence-electron chi connectivity index (χ1n) is 14.5. The topological polar surface area (TPSA) is 116 Å². The molecule has 4 rings (SSSR count). The molecule has 43 heavy (non-hydrogen) atoms. The molecule has 2 fully saturated rings. The van der Waals surface area contributed by atoms with Crippen molar-refractivity contribution >= 4 is 50.7 Å². The highest BCUT2D eigenvalue weighted by Crippen LogP contribution is 2.55. The van der Waals surface area contributed by atoms with E-state index in [1.165, 1.54) is 6.08 Å². The van der Waals surface area contributed by atoms with Crippen LogP contribution in [0.15, 0.2) is 53.6 Å². The molecule has 1 saturated heterocycles. The Labute approximate surface area is 264 Å². The van der Waals surface area contributed by atoms with Gasteiger partial charge in [-0.05, 0) is 66.9 Å². The molecule has 0 aromatic heterocycles. The summed E-state index contributed by atoms with van der Waals surface area (Å²) >= 11 is 12.2. The molecule has 1 aromatic carbocycles. The van der Waals surface area contributed by atoms with E-state index in [1.807, 2.05) is 6.07 Å². The zero-order valence-electron chi connectivity index (χ0n) is 25.0. The summed E-state index contributed by atoms with van der Waals surface area (Å²) in [5, 5.41) is 10.2. The Morgan fingerprint density at radius 3 is 2.47 bits per heavy atom. The summed E-state index contributed by atoms with van der Waals surface area (Å²) in [5.74, 6) is -1.20. The summed E-state index contributed by atoms with van der Waals surface area (Å²) in [6, 6.07) is 3.74. The fourth-order valence-electron chi connectivity index (χ4n) is 6.85. The summed E-state index contributed by atoms with van der Waals surface area (Å²) in [4.78, 5) is 28.3. The Morgan fingerprint density at radius 2 is 1.86 bits per heavy atom. The third-order valence-corrected chi connectivity index (χ3v) is 9.70. The number of hydrogen-bond donors (Lipinski definition) is 4. The lowest BCUT2D eigenvalue weighted by Gasteiger charge is -2.38. The van der Waals surface area contributed by atoms with Crippen molar-refractivity contribution < 1.29 is 22.4 Å². The number of carbonyl (C=O) groups is 2. The van der Waals surface area contributed by atoms with Gasteiger partial charge in [0.2, 0.25) is 21.8 Å². The fourth-order valence-corrected chi connectivity index (χ4v) is 7.93. The predicted octanol–water partition coefficient (Wildman–Crippen LogP) is 5.10. The van der Waals surface area contributed by atoms with Crippen molar-refractivity contribution in [2.75, 3.05) is 18.2 Å². The number of hydrogen-bond acceptors (Lipinski definition) is 5. The number of amides is 2. The maximum atomic E-state index is 14.2. The summed E-state index contributed by atoms with van der Waals surface area (Å²) in [6.07, 6.45) is 8.83. The Kier molecular flexibility index (Phi) is 10.2. The molecule has 2 aliphatic heterocycles. The van der Waals surface area contributed by atoms with E-state index in [0.29, 0.717) is 48.4 Å². The molecule has 0 radical (unpaired) electrons. The van der Waals surface area contributed by atoms with Gasteiger partial charge in [-0.15, -0.1) is 0 Å². The molecule has 8 nitrogen and oxygen atoms in total. The number of fused-ring (bicyclic) bond motifs is 2. The van der Waals surface area contributed by atoms with E-state index in [4.69, 9.17) is 23.2 Å². The Morgan fingerprint density at radius 1 is 1.21 bits per heavy atom. The SMILES string of the molecule is C=C(/C=C\C=C(\Cl)CF)[C@H]1[C@H](C(=O)NC2CCC(NS(C)(=O)=O)CC2)N[C@H](CC(C)(C)C)[C@]12C(=O)Nc1cc(Cl)ccc12. The van der Waals surface area contributed by atoms with Crippen LogP contribution in [0.2, 0.25) is 5.02 Å². The second kappa shape index (κ2) is 13.0. The molecule has 2 amide bonds. The van der Waals surface area contributed by atoms with Crippen molar-refractivity contribution in [3.63, 3.8) is 0 Å². The average molecular weight is 656 g/mol. The summed E-state index contributed by atoms with van der Waals surface area (Å²) in [6.45, 7) is 9.75. The van der Waals surface area contributed by atoms with E-state index in [9.17, 15) is 22.4 Å². The van der Waals surface area contributed by atoms with Gasteiger partial charge in [0.25, 0.3) is 0 Å². The van der Waals surface area contributed by atoms with Crippen LogP contribution in [-0.2, 0) is 25.0 Å². The molecule has 2 heterocycles. The minimum Gasteiger partial charge on any atom is -0.352 e. The van der Waals surface area contributed by atoms with E-state index in [1.54, 1.807) is 24.3 Å². The van der Waals surface area contributed by atoms with Crippen LogP contribution in [0, 0.1) is 11.3 Å². The van der Waals surface area contributed by atoms with Gasteiger partial charge in [-0.1, -0.05) is 68.8 Å². The second-order valence-corrected chi connectivity index (χ2v) is 15.8. The predicted molar refractivity (Wildman–Crippen MR) is 170 cm³/mol. The molecule has 0 unspecified atom stereocenters. The number of rotatable bonds is 9. The number of allylic oxidation sites excluding steroid dienone is 4. The molecule has 12 heteroatoms. The number of alkyl halides is 1. The third kappa shape index (κ3) is 7.53. The molecular weight excluding hydrogens is 614 g/mol. The van der Waals surface area contributed by atoms with Crippen molar-refractivity contribution in [1.29, 1.82) is 0 Å². The number of nitrogens with one attached hydrogen (secondary N) is 4. The molecule has 1 spiro atoms. The Balaban J connectivity index is 1.72. The zero-order valence-corrected chi connectivity index (χ0v) is 27.3. The van der Waals surface area contributed by atoms with Gasteiger partial charge in [0, 0.05) is 39.8 Å². The van der Waals surface area contributed by atoms with Crippen molar-refractivity contribution in [3.05, 3.63) is 64.2 Å². The molecule has 0 bridgehead atoms. The minimum absolute atomic E-state index is 0.0165. The molecule has 4 atom stereocenters. The first-order chi connectivity index (χ1) is 20.0. The Hall–Kier alpha value is -2.24. The maximum Gasteiger partial charge on any atom is 0.238 e. The number of anilines is 1. The summed E-state index contributed by atoms with van der Waals surface area (Å²) in [7, 11) is -3.32. The zero-order chi connectivity index (χ0) is 31.7. The largest absolute Gasteiger partial charge is 0.352 e. The van der Waals surface area contributed by atoms with Crippen molar-refractivity contribution in [2.45, 2.75) is 82.5 Å². The van der Waals surface area contributed by atoms with Gasteiger partial charge in [0.1, 0.15) is 12.1 Å². The van der Waals surface area contributed by atoms with Crippen LogP contribution in [0.1, 0.15) is 58.4 Å². The highest BCUT2D eigenvalue weighted by Gasteiger charge is 2.65.